The summed E-state index contributed by atoms with van der Waals surface area (Å²) in [7, 11) is 0. The van der Waals surface area contributed by atoms with Crippen LogP contribution < -0.4 is 5.32 Å². The van der Waals surface area contributed by atoms with Crippen LogP contribution in [0.15, 0.2) is 53.0 Å². The van der Waals surface area contributed by atoms with Gasteiger partial charge >= 0.3 is 5.97 Å². The third-order valence-corrected chi connectivity index (χ3v) is 5.56. The Bertz CT molecular complexity index is 841. The maximum atomic E-state index is 11.7. The smallest absolute Gasteiger partial charge is 0.337 e. The number of fused-ring (bicyclic) bond motifs is 3. The number of anilines is 1. The van der Waals surface area contributed by atoms with E-state index < -0.39 is 5.97 Å². The van der Waals surface area contributed by atoms with Crippen LogP contribution in [0, 0.1) is 12.8 Å². The van der Waals surface area contributed by atoms with Gasteiger partial charge in [0, 0.05) is 10.4 Å². The Balaban J connectivity index is 1.86. The molecule has 0 spiro atoms. The fourth-order valence-corrected chi connectivity index (χ4v) is 4.41. The molecule has 1 aliphatic carbocycles. The lowest BCUT2D eigenvalue weighted by Gasteiger charge is -2.38. The van der Waals surface area contributed by atoms with Crippen LogP contribution in [0.5, 0.6) is 0 Å². The van der Waals surface area contributed by atoms with E-state index in [4.69, 9.17) is 0 Å². The summed E-state index contributed by atoms with van der Waals surface area (Å²) in [4.78, 5) is 11.7. The van der Waals surface area contributed by atoms with Crippen molar-refractivity contribution in [2.75, 3.05) is 5.32 Å². The summed E-state index contributed by atoms with van der Waals surface area (Å²) in [6, 6.07) is 12.4. The van der Waals surface area contributed by atoms with Crippen molar-refractivity contribution in [2.24, 2.45) is 5.92 Å². The van der Waals surface area contributed by atoms with Crippen molar-refractivity contribution in [1.29, 1.82) is 0 Å². The minimum atomic E-state index is -0.900. The predicted molar refractivity (Wildman–Crippen MR) is 98.6 cm³/mol. The predicted octanol–water partition coefficient (Wildman–Crippen LogP) is 5.28. The average Bonchev–Trinajstić information content (AvgIpc) is 3.04. The number of carboxylic acids is 1. The van der Waals surface area contributed by atoms with Gasteiger partial charge in [-0.1, -0.05) is 57.9 Å². The number of carbonyl (C=O) groups is 1. The highest BCUT2D eigenvalue weighted by atomic mass is 79.9. The van der Waals surface area contributed by atoms with Crippen molar-refractivity contribution >= 4 is 27.6 Å². The van der Waals surface area contributed by atoms with Crippen molar-refractivity contribution in [3.05, 3.63) is 75.3 Å². The van der Waals surface area contributed by atoms with E-state index in [9.17, 15) is 9.90 Å². The number of carboxylic acid groups (broad SMARTS) is 1. The van der Waals surface area contributed by atoms with E-state index >= 15 is 0 Å². The van der Waals surface area contributed by atoms with Gasteiger partial charge < -0.3 is 10.4 Å². The molecule has 1 heterocycles. The summed E-state index contributed by atoms with van der Waals surface area (Å²) in [6.07, 6.45) is 5.45. The molecule has 0 fully saturated rings. The second kappa shape index (κ2) is 5.78. The van der Waals surface area contributed by atoms with Gasteiger partial charge in [-0.3, -0.25) is 0 Å². The van der Waals surface area contributed by atoms with Gasteiger partial charge in [0.05, 0.1) is 17.3 Å². The maximum Gasteiger partial charge on any atom is 0.337 e. The SMILES string of the molecule is Cc1ccc([C@@H]2Nc3c(C(=O)O)cc(Br)cc3[C@@H]3C=CC[C@H]32)cc1. The lowest BCUT2D eigenvalue weighted by molar-refractivity contribution is 0.0697. The second-order valence-electron chi connectivity index (χ2n) is 6.61. The molecule has 0 bridgehead atoms. The molecule has 3 nitrogen and oxygen atoms in total. The summed E-state index contributed by atoms with van der Waals surface area (Å²) in [6.45, 7) is 2.08. The number of hydrogen-bond acceptors (Lipinski definition) is 2. The highest BCUT2D eigenvalue weighted by Gasteiger charge is 2.39. The molecule has 2 aromatic rings. The van der Waals surface area contributed by atoms with Crippen LogP contribution in [0.25, 0.3) is 0 Å². The van der Waals surface area contributed by atoms with E-state index in [-0.39, 0.29) is 12.0 Å². The first-order valence-corrected chi connectivity index (χ1v) is 8.90. The van der Waals surface area contributed by atoms with Crippen LogP contribution in [-0.4, -0.2) is 11.1 Å². The van der Waals surface area contributed by atoms with Gasteiger partial charge in [0.15, 0.2) is 0 Å². The van der Waals surface area contributed by atoms with Crippen molar-refractivity contribution in [3.8, 4) is 0 Å². The Morgan fingerprint density at radius 3 is 2.71 bits per heavy atom. The zero-order valence-corrected chi connectivity index (χ0v) is 14.9. The third-order valence-electron chi connectivity index (χ3n) is 5.10. The van der Waals surface area contributed by atoms with Crippen LogP contribution in [0.2, 0.25) is 0 Å². The van der Waals surface area contributed by atoms with Crippen LogP contribution in [-0.2, 0) is 0 Å². The molecule has 4 heteroatoms. The topological polar surface area (TPSA) is 49.3 Å². The van der Waals surface area contributed by atoms with E-state index in [1.165, 1.54) is 11.1 Å². The number of halogens is 1. The number of allylic oxidation sites excluding steroid dienone is 2. The number of aryl methyl sites for hydroxylation is 1. The summed E-state index contributed by atoms with van der Waals surface area (Å²) >= 11 is 3.46. The first kappa shape index (κ1) is 15.5. The fraction of sp³-hybridized carbons (Fsp3) is 0.250. The van der Waals surface area contributed by atoms with Gasteiger partial charge in [-0.25, -0.2) is 4.79 Å². The standard InChI is InChI=1S/C20H18BrNO2/c1-11-5-7-12(8-6-11)18-15-4-2-3-14(15)16-9-13(21)10-17(20(23)24)19(16)22-18/h2-3,5-10,14-15,18,22H,4H2,1H3,(H,23,24)/t14-,15-,18+/m1/s1. The third kappa shape index (κ3) is 2.46. The molecule has 2 aromatic carbocycles. The van der Waals surface area contributed by atoms with Gasteiger partial charge in [-0.15, -0.1) is 0 Å². The molecule has 0 saturated carbocycles. The monoisotopic (exact) mass is 383 g/mol. The van der Waals surface area contributed by atoms with Gasteiger partial charge in [-0.05, 0) is 42.5 Å². The largest absolute Gasteiger partial charge is 0.478 e. The van der Waals surface area contributed by atoms with Crippen molar-refractivity contribution < 1.29 is 9.90 Å². The summed E-state index contributed by atoms with van der Waals surface area (Å²) in [5.41, 5.74) is 4.60. The minimum absolute atomic E-state index is 0.123. The Morgan fingerprint density at radius 2 is 2.00 bits per heavy atom. The highest BCUT2D eigenvalue weighted by molar-refractivity contribution is 9.10. The van der Waals surface area contributed by atoms with Gasteiger partial charge in [0.1, 0.15) is 0 Å². The summed E-state index contributed by atoms with van der Waals surface area (Å²) < 4.78 is 0.813. The van der Waals surface area contributed by atoms with E-state index in [1.54, 1.807) is 6.07 Å². The van der Waals surface area contributed by atoms with Crippen LogP contribution >= 0.6 is 15.9 Å². The van der Waals surface area contributed by atoms with Gasteiger partial charge in [0.25, 0.3) is 0 Å². The van der Waals surface area contributed by atoms with Crippen LogP contribution in [0.4, 0.5) is 5.69 Å². The van der Waals surface area contributed by atoms with Gasteiger partial charge in [-0.2, -0.15) is 0 Å². The first-order valence-electron chi connectivity index (χ1n) is 8.11. The van der Waals surface area contributed by atoms with E-state index in [1.807, 2.05) is 6.07 Å². The Labute approximate surface area is 149 Å². The second-order valence-corrected chi connectivity index (χ2v) is 7.52. The summed E-state index contributed by atoms with van der Waals surface area (Å²) in [5, 5.41) is 13.2. The molecule has 0 unspecified atom stereocenters. The quantitative estimate of drug-likeness (QED) is 0.693. The van der Waals surface area contributed by atoms with Gasteiger partial charge in [0.2, 0.25) is 0 Å². The molecule has 0 amide bonds. The number of rotatable bonds is 2. The molecule has 0 aromatic heterocycles. The molecule has 2 aliphatic rings. The summed E-state index contributed by atoms with van der Waals surface area (Å²) in [5.74, 6) is -0.234. The Morgan fingerprint density at radius 1 is 1.25 bits per heavy atom. The highest BCUT2D eigenvalue weighted by Crippen LogP contribution is 2.51. The number of aromatic carboxylic acids is 1. The molecule has 122 valence electrons. The van der Waals surface area contributed by atoms with Crippen molar-refractivity contribution in [3.63, 3.8) is 0 Å². The first-order chi connectivity index (χ1) is 11.5. The minimum Gasteiger partial charge on any atom is -0.478 e. The number of benzene rings is 2. The lowest BCUT2D eigenvalue weighted by Crippen LogP contribution is -2.30. The van der Waals surface area contributed by atoms with Crippen LogP contribution in [0.1, 0.15) is 45.4 Å². The Hall–Kier alpha value is -2.07. The zero-order valence-electron chi connectivity index (χ0n) is 13.3. The molecule has 24 heavy (non-hydrogen) atoms. The van der Waals surface area contributed by atoms with Crippen molar-refractivity contribution in [2.45, 2.75) is 25.3 Å². The zero-order chi connectivity index (χ0) is 16.8. The molecule has 4 rings (SSSR count). The van der Waals surface area contributed by atoms with E-state index in [0.717, 1.165) is 22.1 Å². The molecule has 0 radical (unpaired) electrons. The number of hydrogen-bond donors (Lipinski definition) is 2. The number of nitrogens with one attached hydrogen (secondary N) is 1. The fourth-order valence-electron chi connectivity index (χ4n) is 3.94. The molecular weight excluding hydrogens is 366 g/mol. The molecular formula is C20H18BrNO2. The molecule has 0 saturated heterocycles. The van der Waals surface area contributed by atoms with Crippen molar-refractivity contribution in [1.82, 2.24) is 0 Å². The average molecular weight is 384 g/mol. The molecule has 2 N–H and O–H groups in total. The van der Waals surface area contributed by atoms with E-state index in [0.29, 0.717) is 11.5 Å². The molecule has 1 aliphatic heterocycles. The maximum absolute atomic E-state index is 11.7. The van der Waals surface area contributed by atoms with Crippen LogP contribution in [0.3, 0.4) is 0 Å². The lowest BCUT2D eigenvalue weighted by atomic mass is 9.76. The van der Waals surface area contributed by atoms with E-state index in [2.05, 4.69) is 64.6 Å². The Kier molecular flexibility index (Phi) is 3.72. The molecule has 3 atom stereocenters. The normalized spacial score (nSPS) is 24.2.